The molecule has 0 spiro atoms. The van der Waals surface area contributed by atoms with Gasteiger partial charge in [-0.1, -0.05) is 115 Å². The summed E-state index contributed by atoms with van der Waals surface area (Å²) in [5.41, 5.74) is 8.89. The Bertz CT molecular complexity index is 3050. The van der Waals surface area contributed by atoms with Gasteiger partial charge in [-0.25, -0.2) is 0 Å². The number of rotatable bonds is 4. The summed E-state index contributed by atoms with van der Waals surface area (Å²) >= 11 is 3.83. The van der Waals surface area contributed by atoms with Crippen molar-refractivity contribution in [3.63, 3.8) is 0 Å². The largest absolute Gasteiger partial charge is 0.309 e. The van der Waals surface area contributed by atoms with E-state index in [9.17, 15) is 0 Å². The highest BCUT2D eigenvalue weighted by atomic mass is 32.3. The van der Waals surface area contributed by atoms with Gasteiger partial charge < -0.3 is 4.90 Å². The average Bonchev–Trinajstić information content (AvgIpc) is 3.83. The van der Waals surface area contributed by atoms with Gasteiger partial charge in [-0.2, -0.15) is 10.0 Å². The molecule has 1 nitrogen and oxygen atoms in total. The monoisotopic (exact) mass is 719 g/mol. The third-order valence-electron chi connectivity index (χ3n) is 11.0. The third-order valence-corrected chi connectivity index (χ3v) is 16.2. The van der Waals surface area contributed by atoms with Gasteiger partial charge in [0.25, 0.3) is 0 Å². The Morgan fingerprint density at radius 3 is 1.85 bits per heavy atom. The molecule has 1 aliphatic rings. The highest BCUT2D eigenvalue weighted by Gasteiger charge is 2.35. The van der Waals surface area contributed by atoms with Gasteiger partial charge in [0.15, 0.2) is 0 Å². The van der Waals surface area contributed by atoms with E-state index in [0.29, 0.717) is 0 Å². The van der Waals surface area contributed by atoms with Crippen LogP contribution in [0.2, 0.25) is 0 Å². The fourth-order valence-electron chi connectivity index (χ4n) is 8.45. The second-order valence-electron chi connectivity index (χ2n) is 14.1. The zero-order valence-electron chi connectivity index (χ0n) is 28.8. The van der Waals surface area contributed by atoms with Gasteiger partial charge in [0.1, 0.15) is 0 Å². The summed E-state index contributed by atoms with van der Waals surface area (Å²) in [6, 6.07) is 61.1. The Balaban J connectivity index is 1.12. The lowest BCUT2D eigenvalue weighted by molar-refractivity contribution is 1.28. The van der Waals surface area contributed by atoms with Crippen molar-refractivity contribution >= 4 is 101 Å². The Morgan fingerprint density at radius 1 is 0.442 bits per heavy atom. The predicted molar refractivity (Wildman–Crippen MR) is 231 cm³/mol. The summed E-state index contributed by atoms with van der Waals surface area (Å²) in [7, 11) is -1.26. The van der Waals surface area contributed by atoms with Gasteiger partial charge in [-0.3, -0.25) is 0 Å². The molecule has 10 aromatic rings. The molecule has 0 saturated carbocycles. The van der Waals surface area contributed by atoms with E-state index in [0.717, 1.165) is 5.69 Å². The number of fused-ring (bicyclic) bond motifs is 11. The second kappa shape index (κ2) is 11.3. The first kappa shape index (κ1) is 30.3. The van der Waals surface area contributed by atoms with Crippen LogP contribution in [0.25, 0.3) is 73.4 Å². The van der Waals surface area contributed by atoms with Crippen LogP contribution in [-0.2, 0) is 0 Å². The lowest BCUT2D eigenvalue weighted by atomic mass is 9.98. The van der Waals surface area contributed by atoms with E-state index in [1.807, 2.05) is 22.7 Å². The van der Waals surface area contributed by atoms with Crippen molar-refractivity contribution < 1.29 is 0 Å². The van der Waals surface area contributed by atoms with Gasteiger partial charge in [0, 0.05) is 62.4 Å². The van der Waals surface area contributed by atoms with Gasteiger partial charge in [-0.15, -0.1) is 22.7 Å². The van der Waals surface area contributed by atoms with E-state index in [1.54, 1.807) is 0 Å². The van der Waals surface area contributed by atoms with Crippen LogP contribution in [0, 0.1) is 0 Å². The Hall–Kier alpha value is -5.39. The number of hydrogen-bond acceptors (Lipinski definition) is 3. The van der Waals surface area contributed by atoms with Crippen LogP contribution >= 0.6 is 32.7 Å². The third kappa shape index (κ3) is 4.35. The molecule has 52 heavy (non-hydrogen) atoms. The number of nitrogens with zero attached hydrogens (tertiary/aromatic N) is 1. The summed E-state index contributed by atoms with van der Waals surface area (Å²) in [5.74, 6) is 0. The minimum absolute atomic E-state index is 1.16. The fourth-order valence-corrected chi connectivity index (χ4v) is 13.5. The average molecular weight is 720 g/mol. The smallest absolute Gasteiger partial charge is 0.0640 e. The first-order valence-corrected chi connectivity index (χ1v) is 21.7. The van der Waals surface area contributed by atoms with Crippen molar-refractivity contribution in [2.24, 2.45) is 0 Å². The lowest BCUT2D eigenvalue weighted by Crippen LogP contribution is -2.10. The van der Waals surface area contributed by atoms with Crippen LogP contribution in [-0.4, -0.2) is 12.5 Å². The fraction of sp³-hybridized carbons (Fsp3) is 0.0417. The molecule has 248 valence electrons. The summed E-state index contributed by atoms with van der Waals surface area (Å²) in [6.07, 6.45) is 4.97. The highest BCUT2D eigenvalue weighted by Crippen LogP contribution is 2.69. The molecule has 8 aromatic carbocycles. The zero-order valence-corrected chi connectivity index (χ0v) is 31.2. The van der Waals surface area contributed by atoms with Crippen LogP contribution in [0.15, 0.2) is 174 Å². The molecule has 0 atom stereocenters. The molecule has 0 bridgehead atoms. The molecule has 0 unspecified atom stereocenters. The molecular weight excluding hydrogens is 687 g/mol. The van der Waals surface area contributed by atoms with E-state index in [2.05, 4.69) is 181 Å². The van der Waals surface area contributed by atoms with Crippen molar-refractivity contribution in [3.05, 3.63) is 164 Å². The lowest BCUT2D eigenvalue weighted by Gasteiger charge is -2.31. The number of anilines is 3. The van der Waals surface area contributed by atoms with Gasteiger partial charge >= 0.3 is 0 Å². The van der Waals surface area contributed by atoms with Crippen molar-refractivity contribution in [1.82, 2.24) is 0 Å². The highest BCUT2D eigenvalue weighted by molar-refractivity contribution is 8.33. The number of thiophene rings is 2. The molecule has 0 aliphatic carbocycles. The van der Waals surface area contributed by atoms with Crippen molar-refractivity contribution in [1.29, 1.82) is 0 Å². The van der Waals surface area contributed by atoms with E-state index < -0.39 is 10.0 Å². The van der Waals surface area contributed by atoms with E-state index in [-0.39, 0.29) is 0 Å². The van der Waals surface area contributed by atoms with Gasteiger partial charge in [-0.05, 0) is 88.5 Å². The van der Waals surface area contributed by atoms with Crippen LogP contribution < -0.4 is 4.90 Å². The SMILES string of the molecule is CS1(C)c2cc(N(c3ccc(-c4cccc5ccccc45)cc3)c3cccc4c3sc3ccccc34)ccc2-c2c1ccc1c2sc2ccccc21. The molecule has 0 N–H and O–H groups in total. The van der Waals surface area contributed by atoms with Crippen LogP contribution in [0.4, 0.5) is 17.1 Å². The molecule has 2 aromatic heterocycles. The normalized spacial score (nSPS) is 14.0. The van der Waals surface area contributed by atoms with Crippen molar-refractivity contribution in [2.75, 3.05) is 17.4 Å². The van der Waals surface area contributed by atoms with Gasteiger partial charge in [0.2, 0.25) is 0 Å². The molecule has 11 rings (SSSR count). The maximum Gasteiger partial charge on any atom is 0.0640 e. The zero-order chi connectivity index (χ0) is 34.6. The molecule has 0 saturated heterocycles. The quantitative estimate of drug-likeness (QED) is 0.175. The maximum absolute atomic E-state index is 2.51. The van der Waals surface area contributed by atoms with Crippen molar-refractivity contribution in [2.45, 2.75) is 9.79 Å². The Morgan fingerprint density at radius 2 is 1.06 bits per heavy atom. The standard InChI is InChI=1S/C48H33NS3/c1-52(2)44-28-27-39-37-15-6-8-20-43(37)51-48(39)46(44)40-26-25-33(29-45(40)52)49(41-18-10-17-38-36-14-5-7-19-42(36)50-47(38)41)32-23-21-31(22-24-32)35-16-9-12-30-11-3-4-13-34(30)35/h3-29H,1-2H3. The molecular formula is C48H33NS3. The molecule has 1 aliphatic heterocycles. The van der Waals surface area contributed by atoms with E-state index in [1.165, 1.54) is 94.5 Å². The first-order chi connectivity index (χ1) is 25.5. The number of hydrogen-bond donors (Lipinski definition) is 0. The number of benzene rings is 8. The Labute approximate surface area is 312 Å². The van der Waals surface area contributed by atoms with Crippen LogP contribution in [0.5, 0.6) is 0 Å². The summed E-state index contributed by atoms with van der Waals surface area (Å²) in [4.78, 5) is 5.46. The predicted octanol–water partition coefficient (Wildman–Crippen LogP) is 15.2. The van der Waals surface area contributed by atoms with Crippen LogP contribution in [0.1, 0.15) is 0 Å². The molecule has 0 amide bonds. The topological polar surface area (TPSA) is 3.24 Å². The summed E-state index contributed by atoms with van der Waals surface area (Å²) in [6.45, 7) is 0. The first-order valence-electron chi connectivity index (χ1n) is 17.7. The summed E-state index contributed by atoms with van der Waals surface area (Å²) < 4.78 is 5.41. The van der Waals surface area contributed by atoms with E-state index >= 15 is 0 Å². The van der Waals surface area contributed by atoms with Gasteiger partial charge in [0.05, 0.1) is 10.4 Å². The van der Waals surface area contributed by atoms with Crippen LogP contribution in [0.3, 0.4) is 0 Å². The second-order valence-corrected chi connectivity index (χ2v) is 19.7. The molecule has 0 radical (unpaired) electrons. The molecule has 4 heteroatoms. The van der Waals surface area contributed by atoms with E-state index in [4.69, 9.17) is 0 Å². The minimum atomic E-state index is -1.26. The summed E-state index contributed by atoms with van der Waals surface area (Å²) in [5, 5.41) is 7.90. The minimum Gasteiger partial charge on any atom is -0.309 e. The molecule has 0 fully saturated rings. The molecule has 3 heterocycles. The Kier molecular flexibility index (Phi) is 6.58. The maximum atomic E-state index is 2.51. The van der Waals surface area contributed by atoms with Crippen molar-refractivity contribution in [3.8, 4) is 22.3 Å².